The largest absolute Gasteiger partial charge is 0.397 e. The predicted molar refractivity (Wildman–Crippen MR) is 72.5 cm³/mol. The molecule has 1 heterocycles. The number of nitrogens with two attached hydrogens (primary N) is 1. The van der Waals surface area contributed by atoms with Gasteiger partial charge in [-0.25, -0.2) is 0 Å². The Morgan fingerprint density at radius 1 is 1.06 bits per heavy atom. The number of hydrogen-bond donors (Lipinski definition) is 2. The molecule has 0 saturated carbocycles. The molecule has 0 aliphatic carbocycles. The standard InChI is InChI=1S/C14H13N3O/c15-12-8-4-7-11-13(12)17(16-14(11)18)9-10-5-2-1-3-6-10/h1-8H,9,15H2,(H,16,18). The van der Waals surface area contributed by atoms with Crippen LogP contribution in [0.2, 0.25) is 0 Å². The minimum Gasteiger partial charge on any atom is -0.397 e. The van der Waals surface area contributed by atoms with Crippen LogP contribution in [0.25, 0.3) is 10.9 Å². The third kappa shape index (κ3) is 1.68. The van der Waals surface area contributed by atoms with Crippen LogP contribution < -0.4 is 11.3 Å². The van der Waals surface area contributed by atoms with Crippen molar-refractivity contribution in [3.8, 4) is 0 Å². The molecule has 0 radical (unpaired) electrons. The number of rotatable bonds is 2. The van der Waals surface area contributed by atoms with Crippen molar-refractivity contribution in [2.45, 2.75) is 6.54 Å². The van der Waals surface area contributed by atoms with Crippen LogP contribution in [0.1, 0.15) is 5.56 Å². The number of fused-ring (bicyclic) bond motifs is 1. The van der Waals surface area contributed by atoms with E-state index in [-0.39, 0.29) is 5.56 Å². The number of nitrogen functional groups attached to an aromatic ring is 1. The van der Waals surface area contributed by atoms with Crippen LogP contribution in [0.5, 0.6) is 0 Å². The van der Waals surface area contributed by atoms with Crippen LogP contribution in [0.3, 0.4) is 0 Å². The smallest absolute Gasteiger partial charge is 0.272 e. The van der Waals surface area contributed by atoms with Crippen LogP contribution in [0.4, 0.5) is 5.69 Å². The predicted octanol–water partition coefficient (Wildman–Crippen LogP) is 1.96. The molecule has 3 rings (SSSR count). The fraction of sp³-hybridized carbons (Fsp3) is 0.0714. The molecule has 4 nitrogen and oxygen atoms in total. The average molecular weight is 239 g/mol. The summed E-state index contributed by atoms with van der Waals surface area (Å²) in [4.78, 5) is 11.8. The van der Waals surface area contributed by atoms with Gasteiger partial charge in [-0.05, 0) is 17.7 Å². The summed E-state index contributed by atoms with van der Waals surface area (Å²) in [5, 5.41) is 3.45. The molecular weight excluding hydrogens is 226 g/mol. The van der Waals surface area contributed by atoms with Gasteiger partial charge in [-0.2, -0.15) is 0 Å². The third-order valence-corrected chi connectivity index (χ3v) is 3.00. The Bertz CT molecular complexity index is 741. The van der Waals surface area contributed by atoms with E-state index in [1.165, 1.54) is 0 Å². The van der Waals surface area contributed by atoms with Gasteiger partial charge in [0.25, 0.3) is 5.56 Å². The van der Waals surface area contributed by atoms with Gasteiger partial charge in [-0.3, -0.25) is 14.6 Å². The average Bonchev–Trinajstić information content (AvgIpc) is 2.69. The molecule has 0 aliphatic rings. The molecule has 0 unspecified atom stereocenters. The van der Waals surface area contributed by atoms with Gasteiger partial charge in [0.05, 0.1) is 23.1 Å². The molecular formula is C14H13N3O. The van der Waals surface area contributed by atoms with Crippen molar-refractivity contribution in [2.75, 3.05) is 5.73 Å². The number of nitrogens with zero attached hydrogens (tertiary/aromatic N) is 1. The van der Waals surface area contributed by atoms with Gasteiger partial charge in [0.2, 0.25) is 0 Å². The molecule has 1 aromatic heterocycles. The number of aromatic amines is 1. The molecule has 4 heteroatoms. The van der Waals surface area contributed by atoms with Gasteiger partial charge >= 0.3 is 0 Å². The Labute approximate surface area is 104 Å². The van der Waals surface area contributed by atoms with Gasteiger partial charge < -0.3 is 5.73 Å². The lowest BCUT2D eigenvalue weighted by molar-refractivity contribution is 0.703. The number of benzene rings is 2. The minimum absolute atomic E-state index is 0.103. The zero-order valence-corrected chi connectivity index (χ0v) is 9.76. The normalized spacial score (nSPS) is 10.9. The Morgan fingerprint density at radius 3 is 2.61 bits per heavy atom. The van der Waals surface area contributed by atoms with Gasteiger partial charge in [-0.15, -0.1) is 0 Å². The van der Waals surface area contributed by atoms with E-state index in [9.17, 15) is 4.79 Å². The second kappa shape index (κ2) is 4.07. The van der Waals surface area contributed by atoms with Crippen molar-refractivity contribution in [3.05, 3.63) is 64.4 Å². The zero-order chi connectivity index (χ0) is 12.5. The summed E-state index contributed by atoms with van der Waals surface area (Å²) in [5.74, 6) is 0. The zero-order valence-electron chi connectivity index (χ0n) is 9.76. The summed E-state index contributed by atoms with van der Waals surface area (Å²) in [6.45, 7) is 0.605. The first kappa shape index (κ1) is 10.7. The van der Waals surface area contributed by atoms with E-state index in [2.05, 4.69) is 5.10 Å². The molecule has 18 heavy (non-hydrogen) atoms. The highest BCUT2D eigenvalue weighted by Crippen LogP contribution is 2.18. The minimum atomic E-state index is -0.103. The number of aromatic nitrogens is 2. The number of hydrogen-bond acceptors (Lipinski definition) is 2. The van der Waals surface area contributed by atoms with Crippen molar-refractivity contribution in [2.24, 2.45) is 0 Å². The summed E-state index contributed by atoms with van der Waals surface area (Å²) in [5.41, 5.74) is 8.34. The molecule has 90 valence electrons. The lowest BCUT2D eigenvalue weighted by Crippen LogP contribution is -2.07. The van der Waals surface area contributed by atoms with E-state index < -0.39 is 0 Å². The molecule has 0 bridgehead atoms. The topological polar surface area (TPSA) is 63.8 Å². The molecule has 0 spiro atoms. The molecule has 3 aromatic rings. The highest BCUT2D eigenvalue weighted by Gasteiger charge is 2.09. The van der Waals surface area contributed by atoms with E-state index >= 15 is 0 Å². The summed E-state index contributed by atoms with van der Waals surface area (Å²) < 4.78 is 1.79. The molecule has 0 saturated heterocycles. The van der Waals surface area contributed by atoms with Crippen LogP contribution >= 0.6 is 0 Å². The monoisotopic (exact) mass is 239 g/mol. The van der Waals surface area contributed by atoms with E-state index in [1.54, 1.807) is 22.9 Å². The van der Waals surface area contributed by atoms with E-state index in [4.69, 9.17) is 5.73 Å². The Morgan fingerprint density at radius 2 is 1.83 bits per heavy atom. The number of anilines is 1. The lowest BCUT2D eigenvalue weighted by Gasteiger charge is -2.06. The van der Waals surface area contributed by atoms with Crippen LogP contribution in [0.15, 0.2) is 53.3 Å². The van der Waals surface area contributed by atoms with E-state index in [1.807, 2.05) is 30.3 Å². The SMILES string of the molecule is Nc1cccc2c(=O)[nH]n(Cc3ccccc3)c12. The summed E-state index contributed by atoms with van der Waals surface area (Å²) in [6.07, 6.45) is 0. The molecule has 0 aliphatic heterocycles. The maximum absolute atomic E-state index is 11.8. The molecule has 0 atom stereocenters. The second-order valence-corrected chi connectivity index (χ2v) is 4.26. The fourth-order valence-corrected chi connectivity index (χ4v) is 2.17. The first-order valence-corrected chi connectivity index (χ1v) is 5.76. The fourth-order valence-electron chi connectivity index (χ4n) is 2.17. The molecule has 0 fully saturated rings. The Balaban J connectivity index is 2.16. The molecule has 3 N–H and O–H groups in total. The third-order valence-electron chi connectivity index (χ3n) is 3.00. The van der Waals surface area contributed by atoms with Crippen molar-refractivity contribution in [3.63, 3.8) is 0 Å². The van der Waals surface area contributed by atoms with Crippen molar-refractivity contribution in [1.82, 2.24) is 9.78 Å². The number of H-pyrrole nitrogens is 1. The summed E-state index contributed by atoms with van der Waals surface area (Å²) in [6, 6.07) is 15.3. The van der Waals surface area contributed by atoms with Crippen molar-refractivity contribution in [1.29, 1.82) is 0 Å². The molecule has 2 aromatic carbocycles. The van der Waals surface area contributed by atoms with E-state index in [0.29, 0.717) is 17.6 Å². The van der Waals surface area contributed by atoms with E-state index in [0.717, 1.165) is 11.1 Å². The first-order chi connectivity index (χ1) is 8.75. The van der Waals surface area contributed by atoms with Gasteiger partial charge in [-0.1, -0.05) is 36.4 Å². The van der Waals surface area contributed by atoms with Gasteiger partial charge in [0.1, 0.15) is 0 Å². The van der Waals surface area contributed by atoms with Gasteiger partial charge in [0, 0.05) is 0 Å². The maximum atomic E-state index is 11.8. The second-order valence-electron chi connectivity index (χ2n) is 4.26. The number of para-hydroxylation sites is 1. The maximum Gasteiger partial charge on any atom is 0.272 e. The van der Waals surface area contributed by atoms with Gasteiger partial charge in [0.15, 0.2) is 0 Å². The molecule has 0 amide bonds. The Kier molecular flexibility index (Phi) is 2.41. The lowest BCUT2D eigenvalue weighted by atomic mass is 10.2. The highest BCUT2D eigenvalue weighted by molar-refractivity contribution is 5.89. The quantitative estimate of drug-likeness (QED) is 0.671. The summed E-state index contributed by atoms with van der Waals surface area (Å²) >= 11 is 0. The Hall–Kier alpha value is -2.49. The first-order valence-electron chi connectivity index (χ1n) is 5.76. The van der Waals surface area contributed by atoms with Crippen molar-refractivity contribution >= 4 is 16.6 Å². The number of nitrogens with one attached hydrogen (secondary N) is 1. The summed E-state index contributed by atoms with van der Waals surface area (Å²) in [7, 11) is 0. The highest BCUT2D eigenvalue weighted by atomic mass is 16.1. The van der Waals surface area contributed by atoms with Crippen LogP contribution in [0, 0.1) is 0 Å². The van der Waals surface area contributed by atoms with Crippen molar-refractivity contribution < 1.29 is 0 Å². The van der Waals surface area contributed by atoms with Crippen LogP contribution in [-0.4, -0.2) is 9.78 Å². The van der Waals surface area contributed by atoms with Crippen LogP contribution in [-0.2, 0) is 6.54 Å².